The van der Waals surface area contributed by atoms with Crippen molar-refractivity contribution in [3.05, 3.63) is 0 Å². The molecule has 10 heavy (non-hydrogen) atoms. The summed E-state index contributed by atoms with van der Waals surface area (Å²) in [6.07, 6.45) is -0.167. The lowest BCUT2D eigenvalue weighted by Gasteiger charge is -2.08. The molecule has 0 aromatic heterocycles. The molecule has 1 N–H and O–H groups in total. The lowest BCUT2D eigenvalue weighted by atomic mass is 10.4. The minimum atomic E-state index is -0.167. The molecule has 0 radical (unpaired) electrons. The summed E-state index contributed by atoms with van der Waals surface area (Å²) in [6.45, 7) is 0.470. The van der Waals surface area contributed by atoms with E-state index in [1.165, 1.54) is 0 Å². The minimum absolute atomic E-state index is 0. The Morgan fingerprint density at radius 1 is 1.30 bits per heavy atom. The molecule has 0 fully saturated rings. The number of ether oxygens (including phenoxy) is 2. The molecule has 0 aliphatic heterocycles. The fraction of sp³-hybridized carbons (Fsp3) is 1.00. The Morgan fingerprint density at radius 3 is 1.90 bits per heavy atom. The summed E-state index contributed by atoms with van der Waals surface area (Å²) >= 11 is 0. The Labute approximate surface area is 64.0 Å². The van der Waals surface area contributed by atoms with Gasteiger partial charge < -0.3 is 14.6 Å². The van der Waals surface area contributed by atoms with Gasteiger partial charge in [0.25, 0.3) is 0 Å². The Bertz CT molecular complexity index is 44.1. The van der Waals surface area contributed by atoms with Gasteiger partial charge in [-0.15, -0.1) is 0 Å². The second-order valence-electron chi connectivity index (χ2n) is 1.50. The zero-order valence-corrected chi connectivity index (χ0v) is 5.26. The Kier molecular flexibility index (Phi) is 19.2. The van der Waals surface area contributed by atoms with E-state index in [4.69, 9.17) is 14.6 Å². The molecule has 0 amide bonds. The van der Waals surface area contributed by atoms with Crippen molar-refractivity contribution in [2.24, 2.45) is 0 Å². The van der Waals surface area contributed by atoms with Gasteiger partial charge in [-0.3, -0.25) is 0 Å². The van der Waals surface area contributed by atoms with Gasteiger partial charge in [-0.2, -0.15) is 0 Å². The second-order valence-corrected chi connectivity index (χ2v) is 1.50. The van der Waals surface area contributed by atoms with Crippen LogP contribution >= 0.6 is 0 Å². The van der Waals surface area contributed by atoms with Gasteiger partial charge in [0.15, 0.2) is 0 Å². The van der Waals surface area contributed by atoms with Gasteiger partial charge in [0.2, 0.25) is 0 Å². The normalized spacial score (nSPS) is 11.1. The zero-order valence-electron chi connectivity index (χ0n) is 5.26. The van der Waals surface area contributed by atoms with E-state index in [9.17, 15) is 0 Å². The average Bonchev–Trinajstić information content (AvgIpc) is 1.83. The first kappa shape index (κ1) is 16.5. The first-order valence-electron chi connectivity index (χ1n) is 2.47. The van der Waals surface area contributed by atoms with Gasteiger partial charge in [0, 0.05) is 14.2 Å². The number of aliphatic hydroxyl groups is 1. The Balaban J connectivity index is -0.000000245. The molecule has 1 unspecified atom stereocenters. The predicted molar refractivity (Wildman–Crippen MR) is 43.2 cm³/mol. The third-order valence-electron chi connectivity index (χ3n) is 0.890. The van der Waals surface area contributed by atoms with E-state index >= 15 is 0 Å². The molecule has 3 nitrogen and oxygen atoms in total. The number of aliphatic hydroxyl groups excluding tert-OH is 1. The summed E-state index contributed by atoms with van der Waals surface area (Å²) in [5.74, 6) is 0. The van der Waals surface area contributed by atoms with Crippen molar-refractivity contribution in [3.8, 4) is 0 Å². The van der Waals surface area contributed by atoms with Crippen LogP contribution in [0.15, 0.2) is 0 Å². The quantitative estimate of drug-likeness (QED) is 0.651. The van der Waals surface area contributed by atoms with Crippen LogP contribution in [0.1, 0.15) is 14.9 Å². The van der Waals surface area contributed by atoms with Gasteiger partial charge >= 0.3 is 0 Å². The van der Waals surface area contributed by atoms with Gasteiger partial charge in [-0.25, -0.2) is 0 Å². The van der Waals surface area contributed by atoms with E-state index < -0.39 is 0 Å². The molecule has 0 heterocycles. The standard InChI is InChI=1S/C5H12O3.2CH4/c1-7-4-5(3-6)8-2;;/h5-6H,3-4H2,1-2H3;2*1H4. The second kappa shape index (κ2) is 11.6. The molecule has 0 spiro atoms. The molecule has 0 saturated carbocycles. The van der Waals surface area contributed by atoms with Crippen LogP contribution in [0.4, 0.5) is 0 Å². The van der Waals surface area contributed by atoms with E-state index in [0.717, 1.165) is 0 Å². The molecule has 0 bridgehead atoms. The van der Waals surface area contributed by atoms with Crippen molar-refractivity contribution < 1.29 is 14.6 Å². The van der Waals surface area contributed by atoms with Gasteiger partial charge in [0.1, 0.15) is 6.10 Å². The number of methoxy groups -OCH3 is 2. The minimum Gasteiger partial charge on any atom is -0.394 e. The smallest absolute Gasteiger partial charge is 0.103 e. The zero-order chi connectivity index (χ0) is 6.41. The third-order valence-corrected chi connectivity index (χ3v) is 0.890. The Morgan fingerprint density at radius 2 is 1.80 bits per heavy atom. The van der Waals surface area contributed by atoms with E-state index in [1.807, 2.05) is 0 Å². The summed E-state index contributed by atoms with van der Waals surface area (Å²) < 4.78 is 9.47. The number of hydrogen-bond acceptors (Lipinski definition) is 3. The number of rotatable bonds is 4. The van der Waals surface area contributed by atoms with Crippen molar-refractivity contribution in [3.63, 3.8) is 0 Å². The lowest BCUT2D eigenvalue weighted by Crippen LogP contribution is -2.21. The summed E-state index contributed by atoms with van der Waals surface area (Å²) in [5.41, 5.74) is 0. The maximum atomic E-state index is 8.45. The Hall–Kier alpha value is -0.120. The van der Waals surface area contributed by atoms with Gasteiger partial charge in [0.05, 0.1) is 13.2 Å². The highest BCUT2D eigenvalue weighted by Crippen LogP contribution is 1.86. The van der Waals surface area contributed by atoms with Crippen LogP contribution in [0.3, 0.4) is 0 Å². The summed E-state index contributed by atoms with van der Waals surface area (Å²) in [6, 6.07) is 0. The maximum absolute atomic E-state index is 8.45. The van der Waals surface area contributed by atoms with Crippen LogP contribution in [0, 0.1) is 0 Å². The topological polar surface area (TPSA) is 38.7 Å². The molecule has 0 saturated heterocycles. The van der Waals surface area contributed by atoms with E-state index in [-0.39, 0.29) is 27.6 Å². The van der Waals surface area contributed by atoms with Crippen LogP contribution in [-0.2, 0) is 9.47 Å². The van der Waals surface area contributed by atoms with Crippen molar-refractivity contribution in [1.29, 1.82) is 0 Å². The average molecular weight is 152 g/mol. The SMILES string of the molecule is C.C.COCC(CO)OC. The monoisotopic (exact) mass is 152 g/mol. The van der Waals surface area contributed by atoms with Crippen LogP contribution in [-0.4, -0.2) is 38.6 Å². The first-order chi connectivity index (χ1) is 3.85. The number of hydrogen-bond donors (Lipinski definition) is 1. The fourth-order valence-corrected chi connectivity index (χ4v) is 0.381. The summed E-state index contributed by atoms with van der Waals surface area (Å²) in [4.78, 5) is 0. The van der Waals surface area contributed by atoms with Crippen LogP contribution in [0.5, 0.6) is 0 Å². The highest BCUT2D eigenvalue weighted by Gasteiger charge is 2.01. The molecule has 0 aliphatic rings. The largest absolute Gasteiger partial charge is 0.394 e. The van der Waals surface area contributed by atoms with Crippen molar-refractivity contribution in [2.75, 3.05) is 27.4 Å². The van der Waals surface area contributed by atoms with Gasteiger partial charge in [-0.05, 0) is 0 Å². The summed E-state index contributed by atoms with van der Waals surface area (Å²) in [7, 11) is 3.11. The van der Waals surface area contributed by atoms with Gasteiger partial charge in [-0.1, -0.05) is 14.9 Å². The molecular weight excluding hydrogens is 132 g/mol. The maximum Gasteiger partial charge on any atom is 0.103 e. The molecule has 66 valence electrons. The van der Waals surface area contributed by atoms with Crippen LogP contribution < -0.4 is 0 Å². The predicted octanol–water partition coefficient (Wildman–Crippen LogP) is 0.912. The van der Waals surface area contributed by atoms with E-state index in [1.54, 1.807) is 14.2 Å². The molecule has 1 atom stereocenters. The molecule has 0 aromatic carbocycles. The lowest BCUT2D eigenvalue weighted by molar-refractivity contribution is -0.00534. The van der Waals surface area contributed by atoms with Crippen LogP contribution in [0.25, 0.3) is 0 Å². The van der Waals surface area contributed by atoms with E-state index in [2.05, 4.69) is 0 Å². The van der Waals surface area contributed by atoms with Crippen molar-refractivity contribution in [1.82, 2.24) is 0 Å². The molecular formula is C7H20O3. The van der Waals surface area contributed by atoms with Crippen LogP contribution in [0.2, 0.25) is 0 Å². The fourth-order valence-electron chi connectivity index (χ4n) is 0.381. The molecule has 0 aliphatic carbocycles. The third kappa shape index (κ3) is 7.88. The molecule has 0 aromatic rings. The highest BCUT2D eigenvalue weighted by molar-refractivity contribution is 4.49. The summed E-state index contributed by atoms with van der Waals surface area (Å²) in [5, 5.41) is 8.45. The molecule has 0 rings (SSSR count). The first-order valence-corrected chi connectivity index (χ1v) is 2.47. The van der Waals surface area contributed by atoms with E-state index in [0.29, 0.717) is 6.61 Å². The van der Waals surface area contributed by atoms with Crippen molar-refractivity contribution in [2.45, 2.75) is 21.0 Å². The molecule has 3 heteroatoms. The van der Waals surface area contributed by atoms with Crippen molar-refractivity contribution >= 4 is 0 Å². The highest BCUT2D eigenvalue weighted by atomic mass is 16.5.